The molecule has 7 nitrogen and oxygen atoms in total. The van der Waals surface area contributed by atoms with E-state index >= 15 is 0 Å². The summed E-state index contributed by atoms with van der Waals surface area (Å²) < 4.78 is 19.2. The van der Waals surface area contributed by atoms with Gasteiger partial charge in [0.1, 0.15) is 12.4 Å². The molecule has 4 bridgehead atoms. The van der Waals surface area contributed by atoms with Crippen molar-refractivity contribution >= 4 is 0 Å². The topological polar surface area (TPSA) is 61.6 Å². The second kappa shape index (κ2) is 7.92. The van der Waals surface area contributed by atoms with E-state index < -0.39 is 0 Å². The van der Waals surface area contributed by atoms with Crippen molar-refractivity contribution in [3.8, 4) is 6.01 Å². The summed E-state index contributed by atoms with van der Waals surface area (Å²) in [7, 11) is 1.77. The van der Waals surface area contributed by atoms with E-state index in [1.54, 1.807) is 7.11 Å². The highest BCUT2D eigenvalue weighted by atomic mass is 16.5. The Labute approximate surface area is 167 Å². The standard InChI is InChI=1S/C21H34N4O3/c1-26-7-2-3-25-19(21-14-16-11-17(15-21)13-18(21)12-16)22-23-20(25)28-10-6-24-4-8-27-9-5-24/h16-18H,2-15H2,1H3. The maximum absolute atomic E-state index is 6.16. The van der Waals surface area contributed by atoms with Crippen LogP contribution >= 0.6 is 0 Å². The van der Waals surface area contributed by atoms with Crippen LogP contribution in [0.1, 0.15) is 44.3 Å². The van der Waals surface area contributed by atoms with Crippen LogP contribution in [0, 0.1) is 17.8 Å². The van der Waals surface area contributed by atoms with Gasteiger partial charge in [0.05, 0.1) is 13.2 Å². The predicted molar refractivity (Wildman–Crippen MR) is 105 cm³/mol. The van der Waals surface area contributed by atoms with Crippen molar-refractivity contribution in [2.24, 2.45) is 17.8 Å². The number of rotatable bonds is 9. The number of aromatic nitrogens is 3. The van der Waals surface area contributed by atoms with E-state index in [9.17, 15) is 0 Å². The van der Waals surface area contributed by atoms with Crippen LogP contribution in [0.25, 0.3) is 0 Å². The Balaban J connectivity index is 1.31. The molecular formula is C21H34N4O3. The van der Waals surface area contributed by atoms with Crippen LogP contribution in [0.2, 0.25) is 0 Å². The molecule has 2 atom stereocenters. The molecule has 4 aliphatic carbocycles. The van der Waals surface area contributed by atoms with Crippen molar-refractivity contribution < 1.29 is 14.2 Å². The number of nitrogens with zero attached hydrogens (tertiary/aromatic N) is 4. The van der Waals surface area contributed by atoms with E-state index in [0.29, 0.717) is 12.6 Å². The van der Waals surface area contributed by atoms with Crippen LogP contribution in [0.4, 0.5) is 0 Å². The van der Waals surface area contributed by atoms with Gasteiger partial charge in [0.15, 0.2) is 0 Å². The molecule has 0 radical (unpaired) electrons. The minimum absolute atomic E-state index is 0.263. The fraction of sp³-hybridized carbons (Fsp3) is 0.905. The number of methoxy groups -OCH3 is 1. The van der Waals surface area contributed by atoms with Crippen molar-refractivity contribution in [2.45, 2.75) is 50.5 Å². The van der Waals surface area contributed by atoms with Gasteiger partial charge in [0.2, 0.25) is 0 Å². The third-order valence-corrected chi connectivity index (χ3v) is 7.62. The molecule has 1 aromatic heterocycles. The lowest BCUT2D eigenvalue weighted by atomic mass is 9.75. The number of ether oxygens (including phenoxy) is 3. The first-order valence-electron chi connectivity index (χ1n) is 11.1. The quantitative estimate of drug-likeness (QED) is 0.602. The molecule has 1 aromatic rings. The zero-order valence-corrected chi connectivity index (χ0v) is 17.1. The first-order valence-corrected chi connectivity index (χ1v) is 11.1. The summed E-state index contributed by atoms with van der Waals surface area (Å²) >= 11 is 0. The fourth-order valence-corrected chi connectivity index (χ4v) is 6.58. The molecule has 1 aliphatic heterocycles. The molecule has 5 fully saturated rings. The third-order valence-electron chi connectivity index (χ3n) is 7.62. The van der Waals surface area contributed by atoms with Crippen molar-refractivity contribution in [1.29, 1.82) is 0 Å². The zero-order valence-electron chi connectivity index (χ0n) is 17.1. The SMILES string of the molecule is COCCCn1c(OCCN2CCOCC2)nnc1C12CC3CC(CC1C3)C2. The predicted octanol–water partition coefficient (Wildman–Crippen LogP) is 2.10. The van der Waals surface area contributed by atoms with Gasteiger partial charge in [-0.05, 0) is 56.3 Å². The molecule has 5 aliphatic rings. The van der Waals surface area contributed by atoms with Crippen molar-refractivity contribution in [1.82, 2.24) is 19.7 Å². The van der Waals surface area contributed by atoms with E-state index in [-0.39, 0.29) is 5.41 Å². The second-order valence-corrected chi connectivity index (χ2v) is 9.31. The molecule has 7 heteroatoms. The largest absolute Gasteiger partial charge is 0.462 e. The van der Waals surface area contributed by atoms with Gasteiger partial charge in [-0.3, -0.25) is 9.47 Å². The van der Waals surface area contributed by atoms with E-state index in [0.717, 1.165) is 70.2 Å². The summed E-state index contributed by atoms with van der Waals surface area (Å²) in [5.74, 6) is 3.84. The lowest BCUT2D eigenvalue weighted by Crippen LogP contribution is -2.38. The second-order valence-electron chi connectivity index (χ2n) is 9.31. The highest BCUT2D eigenvalue weighted by Crippen LogP contribution is 2.65. The molecule has 2 unspecified atom stereocenters. The molecule has 4 saturated carbocycles. The Bertz CT molecular complexity index is 659. The van der Waals surface area contributed by atoms with E-state index in [1.165, 1.54) is 37.9 Å². The molecule has 0 N–H and O–H groups in total. The third kappa shape index (κ3) is 3.35. The van der Waals surface area contributed by atoms with Crippen LogP contribution in [0.15, 0.2) is 0 Å². The molecule has 6 rings (SSSR count). The van der Waals surface area contributed by atoms with Crippen LogP contribution in [-0.2, 0) is 21.4 Å². The molecule has 0 aromatic carbocycles. The number of hydrogen-bond acceptors (Lipinski definition) is 6. The van der Waals surface area contributed by atoms with Gasteiger partial charge in [-0.25, -0.2) is 0 Å². The summed E-state index contributed by atoms with van der Waals surface area (Å²) in [6, 6.07) is 0.708. The lowest BCUT2D eigenvalue weighted by Gasteiger charge is -2.32. The van der Waals surface area contributed by atoms with E-state index in [4.69, 9.17) is 19.3 Å². The van der Waals surface area contributed by atoms with E-state index in [2.05, 4.69) is 14.6 Å². The Morgan fingerprint density at radius 3 is 2.57 bits per heavy atom. The average molecular weight is 391 g/mol. The van der Waals surface area contributed by atoms with Gasteiger partial charge in [-0.15, -0.1) is 5.10 Å². The van der Waals surface area contributed by atoms with Crippen LogP contribution in [0.5, 0.6) is 6.01 Å². The molecule has 28 heavy (non-hydrogen) atoms. The molecular weight excluding hydrogens is 356 g/mol. The fourth-order valence-electron chi connectivity index (χ4n) is 6.58. The monoisotopic (exact) mass is 390 g/mol. The highest BCUT2D eigenvalue weighted by Gasteiger charge is 2.60. The Morgan fingerprint density at radius 1 is 1.04 bits per heavy atom. The number of morpholine rings is 1. The van der Waals surface area contributed by atoms with Crippen LogP contribution in [-0.4, -0.2) is 72.8 Å². The van der Waals surface area contributed by atoms with Crippen LogP contribution in [0.3, 0.4) is 0 Å². The summed E-state index contributed by atoms with van der Waals surface area (Å²) in [6.07, 6.45) is 7.83. The van der Waals surface area contributed by atoms with Crippen LogP contribution < -0.4 is 4.74 Å². The minimum atomic E-state index is 0.263. The van der Waals surface area contributed by atoms with Crippen molar-refractivity contribution in [3.63, 3.8) is 0 Å². The Hall–Kier alpha value is -1.18. The van der Waals surface area contributed by atoms with E-state index in [1.807, 2.05) is 0 Å². The first-order chi connectivity index (χ1) is 13.8. The highest BCUT2D eigenvalue weighted by molar-refractivity contribution is 5.24. The summed E-state index contributed by atoms with van der Waals surface area (Å²) in [5.41, 5.74) is 0.263. The van der Waals surface area contributed by atoms with Crippen molar-refractivity contribution in [2.75, 3.05) is 53.2 Å². The zero-order chi connectivity index (χ0) is 19.0. The van der Waals surface area contributed by atoms with Gasteiger partial charge >= 0.3 is 6.01 Å². The van der Waals surface area contributed by atoms with Gasteiger partial charge in [-0.1, -0.05) is 5.10 Å². The van der Waals surface area contributed by atoms with Gasteiger partial charge in [0, 0.05) is 45.3 Å². The molecule has 0 amide bonds. The molecule has 0 spiro atoms. The maximum atomic E-state index is 6.16. The normalized spacial score (nSPS) is 34.4. The molecule has 156 valence electrons. The summed E-state index contributed by atoms with van der Waals surface area (Å²) in [4.78, 5) is 2.40. The number of hydrogen-bond donors (Lipinski definition) is 0. The van der Waals surface area contributed by atoms with Gasteiger partial charge < -0.3 is 14.2 Å². The smallest absolute Gasteiger partial charge is 0.317 e. The molecule has 2 heterocycles. The lowest BCUT2D eigenvalue weighted by molar-refractivity contribution is 0.0314. The van der Waals surface area contributed by atoms with Gasteiger partial charge in [-0.2, -0.15) is 0 Å². The summed E-state index contributed by atoms with van der Waals surface area (Å²) in [6.45, 7) is 6.84. The first kappa shape index (κ1) is 18.8. The van der Waals surface area contributed by atoms with Gasteiger partial charge in [0.25, 0.3) is 0 Å². The Kier molecular flexibility index (Phi) is 5.32. The maximum Gasteiger partial charge on any atom is 0.317 e. The molecule has 1 saturated heterocycles. The van der Waals surface area contributed by atoms with Crippen molar-refractivity contribution in [3.05, 3.63) is 5.82 Å². The average Bonchev–Trinajstić information content (AvgIpc) is 3.30. The minimum Gasteiger partial charge on any atom is -0.462 e. The Morgan fingerprint density at radius 2 is 1.82 bits per heavy atom. The summed E-state index contributed by atoms with van der Waals surface area (Å²) in [5, 5.41) is 9.27.